The normalized spacial score (nSPS) is 15.2. The van der Waals surface area contributed by atoms with E-state index in [-0.39, 0.29) is 11.9 Å². The molecule has 9 nitrogen and oxygen atoms in total. The maximum Gasteiger partial charge on any atom is 0.182 e. The molecule has 0 saturated carbocycles. The summed E-state index contributed by atoms with van der Waals surface area (Å²) < 4.78 is 22.9. The molecule has 0 spiro atoms. The van der Waals surface area contributed by atoms with Crippen LogP contribution in [-0.2, 0) is 4.74 Å². The summed E-state index contributed by atoms with van der Waals surface area (Å²) in [7, 11) is 0. The Morgan fingerprint density at radius 3 is 2.71 bits per heavy atom. The molecule has 1 saturated heterocycles. The molecular weight excluding hydrogens is 435 g/mol. The summed E-state index contributed by atoms with van der Waals surface area (Å²) in [5, 5.41) is 3.44. The van der Waals surface area contributed by atoms with Crippen LogP contribution in [-0.4, -0.2) is 55.8 Å². The molecule has 2 aromatic carbocycles. The van der Waals surface area contributed by atoms with E-state index < -0.39 is 0 Å². The number of nitrogens with zero attached hydrogens (tertiary/aromatic N) is 6. The number of hydrogen-bond donors (Lipinski definition) is 2. The summed E-state index contributed by atoms with van der Waals surface area (Å²) >= 11 is 0. The van der Waals surface area contributed by atoms with Gasteiger partial charge in [0, 0.05) is 18.8 Å². The van der Waals surface area contributed by atoms with Crippen molar-refractivity contribution < 1.29 is 9.13 Å². The van der Waals surface area contributed by atoms with Crippen molar-refractivity contribution in [1.82, 2.24) is 29.5 Å². The third-order valence-corrected chi connectivity index (χ3v) is 6.07. The highest BCUT2D eigenvalue weighted by atomic mass is 19.1. The summed E-state index contributed by atoms with van der Waals surface area (Å²) in [5.74, 6) is 1.10. The van der Waals surface area contributed by atoms with Crippen molar-refractivity contribution in [1.29, 1.82) is 0 Å². The van der Waals surface area contributed by atoms with E-state index in [0.717, 1.165) is 28.1 Å². The molecule has 4 heterocycles. The Morgan fingerprint density at radius 1 is 1.06 bits per heavy atom. The van der Waals surface area contributed by atoms with Crippen molar-refractivity contribution in [3.8, 4) is 5.69 Å². The Balaban J connectivity index is 1.53. The fourth-order valence-electron chi connectivity index (χ4n) is 4.50. The number of hydrogen-bond acceptors (Lipinski definition) is 7. The van der Waals surface area contributed by atoms with Gasteiger partial charge in [0.05, 0.1) is 42.3 Å². The van der Waals surface area contributed by atoms with Crippen LogP contribution in [0.5, 0.6) is 0 Å². The number of fused-ring (bicyclic) bond motifs is 2. The van der Waals surface area contributed by atoms with Gasteiger partial charge in [-0.1, -0.05) is 18.2 Å². The number of aromatic amines is 1. The van der Waals surface area contributed by atoms with Crippen molar-refractivity contribution >= 4 is 33.7 Å². The molecule has 0 radical (unpaired) electrons. The van der Waals surface area contributed by atoms with E-state index in [1.807, 2.05) is 46.7 Å². The number of benzene rings is 2. The molecule has 172 valence electrons. The van der Waals surface area contributed by atoms with Gasteiger partial charge in [-0.25, -0.2) is 24.3 Å². The van der Waals surface area contributed by atoms with Crippen molar-refractivity contribution in [2.24, 2.45) is 0 Å². The number of nitrogens with one attached hydrogen (secondary N) is 2. The molecule has 6 rings (SSSR count). The van der Waals surface area contributed by atoms with E-state index in [9.17, 15) is 0 Å². The molecule has 1 atom stereocenters. The Hall–Kier alpha value is -4.05. The van der Waals surface area contributed by atoms with Crippen molar-refractivity contribution in [2.45, 2.75) is 13.0 Å². The van der Waals surface area contributed by atoms with Crippen LogP contribution in [0.2, 0.25) is 0 Å². The van der Waals surface area contributed by atoms with Crippen LogP contribution in [0.25, 0.3) is 27.9 Å². The van der Waals surface area contributed by atoms with Crippen LogP contribution in [0.15, 0.2) is 55.1 Å². The zero-order chi connectivity index (χ0) is 23.1. The van der Waals surface area contributed by atoms with Gasteiger partial charge in [0.1, 0.15) is 23.5 Å². The monoisotopic (exact) mass is 458 g/mol. The second-order valence-electron chi connectivity index (χ2n) is 8.19. The fraction of sp³-hybridized carbons (Fsp3) is 0.250. The molecule has 34 heavy (non-hydrogen) atoms. The van der Waals surface area contributed by atoms with Gasteiger partial charge in [0.15, 0.2) is 11.5 Å². The Morgan fingerprint density at radius 2 is 1.88 bits per heavy atom. The molecule has 5 aromatic rings. The second kappa shape index (κ2) is 8.38. The number of para-hydroxylation sites is 1. The van der Waals surface area contributed by atoms with Crippen LogP contribution < -0.4 is 10.2 Å². The number of halogens is 1. The molecular formula is C24H23FN8O. The third kappa shape index (κ3) is 3.43. The van der Waals surface area contributed by atoms with Gasteiger partial charge in [0.2, 0.25) is 0 Å². The lowest BCUT2D eigenvalue weighted by Gasteiger charge is -2.30. The molecule has 1 aliphatic heterocycles. The zero-order valence-electron chi connectivity index (χ0n) is 18.6. The first-order valence-corrected chi connectivity index (χ1v) is 11.2. The van der Waals surface area contributed by atoms with Crippen LogP contribution in [0.3, 0.4) is 0 Å². The Kier molecular flexibility index (Phi) is 5.06. The highest BCUT2D eigenvalue weighted by Gasteiger charge is 2.26. The SMILES string of the molecule is CC(Nc1ncnc2nc[nH]c12)c1nc2ccc(F)c(N3CCOCC3)c2n1-c1ccccc1. The molecule has 3 aromatic heterocycles. The van der Waals surface area contributed by atoms with E-state index in [0.29, 0.717) is 43.5 Å². The lowest BCUT2D eigenvalue weighted by Crippen LogP contribution is -2.37. The van der Waals surface area contributed by atoms with Crippen LogP contribution in [0.4, 0.5) is 15.9 Å². The van der Waals surface area contributed by atoms with E-state index >= 15 is 4.39 Å². The number of anilines is 2. The van der Waals surface area contributed by atoms with E-state index in [2.05, 4.69) is 25.3 Å². The maximum absolute atomic E-state index is 15.3. The largest absolute Gasteiger partial charge is 0.378 e. The summed E-state index contributed by atoms with van der Waals surface area (Å²) in [6.07, 6.45) is 3.07. The van der Waals surface area contributed by atoms with Gasteiger partial charge in [-0.3, -0.25) is 4.57 Å². The lowest BCUT2D eigenvalue weighted by molar-refractivity contribution is 0.122. The second-order valence-corrected chi connectivity index (χ2v) is 8.19. The first kappa shape index (κ1) is 20.5. The van der Waals surface area contributed by atoms with Crippen LogP contribution >= 0.6 is 0 Å². The minimum atomic E-state index is -0.270. The topological polar surface area (TPSA) is 96.8 Å². The summed E-state index contributed by atoms with van der Waals surface area (Å²) in [6.45, 7) is 4.38. The van der Waals surface area contributed by atoms with Gasteiger partial charge in [-0.15, -0.1) is 0 Å². The smallest absolute Gasteiger partial charge is 0.182 e. The van der Waals surface area contributed by atoms with Crippen LogP contribution in [0.1, 0.15) is 18.8 Å². The Labute approximate surface area is 194 Å². The van der Waals surface area contributed by atoms with Gasteiger partial charge in [-0.05, 0) is 31.2 Å². The maximum atomic E-state index is 15.3. The summed E-state index contributed by atoms with van der Waals surface area (Å²) in [4.78, 5) is 22.9. The standard InChI is InChI=1S/C24H23FN8O/c1-15(30-23-19-22(27-13-26-19)28-14-29-23)24-31-18-8-7-17(25)20(32-9-11-34-12-10-32)21(18)33(24)16-5-3-2-4-6-16/h2-8,13-15H,9-12H2,1H3,(H2,26,27,28,29,30). The van der Waals surface area contributed by atoms with Crippen molar-refractivity contribution in [2.75, 3.05) is 36.5 Å². The molecule has 0 aliphatic carbocycles. The number of morpholine rings is 1. The minimum Gasteiger partial charge on any atom is -0.378 e. The number of ether oxygens (including phenoxy) is 1. The first-order valence-electron chi connectivity index (χ1n) is 11.2. The van der Waals surface area contributed by atoms with Gasteiger partial charge < -0.3 is 19.9 Å². The van der Waals surface area contributed by atoms with Gasteiger partial charge in [0.25, 0.3) is 0 Å². The number of aromatic nitrogens is 6. The lowest BCUT2D eigenvalue weighted by atomic mass is 10.2. The summed E-state index contributed by atoms with van der Waals surface area (Å²) in [5.41, 5.74) is 4.22. The molecule has 0 bridgehead atoms. The minimum absolute atomic E-state index is 0.255. The Bertz CT molecular complexity index is 1460. The van der Waals surface area contributed by atoms with Gasteiger partial charge >= 0.3 is 0 Å². The average molecular weight is 459 g/mol. The fourth-order valence-corrected chi connectivity index (χ4v) is 4.50. The molecule has 10 heteroatoms. The van der Waals surface area contributed by atoms with Crippen molar-refractivity contribution in [3.05, 3.63) is 66.8 Å². The first-order chi connectivity index (χ1) is 16.7. The molecule has 2 N–H and O–H groups in total. The average Bonchev–Trinajstić information content (AvgIpc) is 3.51. The molecule has 1 fully saturated rings. The number of H-pyrrole nitrogens is 1. The van der Waals surface area contributed by atoms with Gasteiger partial charge in [-0.2, -0.15) is 0 Å². The predicted molar refractivity (Wildman–Crippen MR) is 128 cm³/mol. The van der Waals surface area contributed by atoms with E-state index in [1.165, 1.54) is 12.4 Å². The van der Waals surface area contributed by atoms with E-state index in [4.69, 9.17) is 9.72 Å². The van der Waals surface area contributed by atoms with Crippen molar-refractivity contribution in [3.63, 3.8) is 0 Å². The highest BCUT2D eigenvalue weighted by molar-refractivity contribution is 5.92. The molecule has 1 aliphatic rings. The zero-order valence-corrected chi connectivity index (χ0v) is 18.6. The van der Waals surface area contributed by atoms with E-state index in [1.54, 1.807) is 12.4 Å². The molecule has 1 unspecified atom stereocenters. The number of rotatable bonds is 5. The quantitative estimate of drug-likeness (QED) is 0.413. The van der Waals surface area contributed by atoms with Crippen LogP contribution in [0, 0.1) is 5.82 Å². The molecule has 0 amide bonds. The summed E-state index contributed by atoms with van der Waals surface area (Å²) in [6, 6.07) is 12.9. The number of imidazole rings is 2. The third-order valence-electron chi connectivity index (χ3n) is 6.07. The highest BCUT2D eigenvalue weighted by Crippen LogP contribution is 2.36. The predicted octanol–water partition coefficient (Wildman–Crippen LogP) is 3.84.